The zero-order valence-corrected chi connectivity index (χ0v) is 13.3. The van der Waals surface area contributed by atoms with E-state index in [1.54, 1.807) is 18.0 Å². The summed E-state index contributed by atoms with van der Waals surface area (Å²) in [7, 11) is 0. The Morgan fingerprint density at radius 1 is 1.42 bits per heavy atom. The lowest BCUT2D eigenvalue weighted by molar-refractivity contribution is 0.0958. The summed E-state index contributed by atoms with van der Waals surface area (Å²) in [5.41, 5.74) is 0. The second kappa shape index (κ2) is 10.0. The summed E-state index contributed by atoms with van der Waals surface area (Å²) >= 11 is 3.13. The number of amides is 1. The molecule has 0 aliphatic rings. The van der Waals surface area contributed by atoms with Crippen LogP contribution >= 0.6 is 23.1 Å². The zero-order chi connectivity index (χ0) is 13.9. The van der Waals surface area contributed by atoms with Crippen molar-refractivity contribution in [2.75, 3.05) is 12.3 Å². The highest BCUT2D eigenvalue weighted by Crippen LogP contribution is 2.23. The lowest BCUT2D eigenvalue weighted by Crippen LogP contribution is -2.23. The predicted molar refractivity (Wildman–Crippen MR) is 84.1 cm³/mol. The van der Waals surface area contributed by atoms with E-state index in [-0.39, 0.29) is 5.91 Å². The molecule has 0 spiro atoms. The predicted octanol–water partition coefficient (Wildman–Crippen LogP) is 4.12. The van der Waals surface area contributed by atoms with E-state index in [0.29, 0.717) is 11.4 Å². The molecule has 3 nitrogen and oxygen atoms in total. The fourth-order valence-corrected chi connectivity index (χ4v) is 3.26. The van der Waals surface area contributed by atoms with Crippen LogP contribution in [0.4, 0.5) is 0 Å². The molecule has 19 heavy (non-hydrogen) atoms. The summed E-state index contributed by atoms with van der Waals surface area (Å²) in [6, 6.07) is 0. The van der Waals surface area contributed by atoms with Gasteiger partial charge in [0.2, 0.25) is 0 Å². The molecule has 1 heterocycles. The first-order chi connectivity index (χ1) is 9.27. The van der Waals surface area contributed by atoms with Crippen LogP contribution in [0.2, 0.25) is 0 Å². The topological polar surface area (TPSA) is 42.0 Å². The lowest BCUT2D eigenvalue weighted by Gasteiger charge is -1.99. The van der Waals surface area contributed by atoms with Gasteiger partial charge in [-0.05, 0) is 18.6 Å². The number of unbranched alkanes of at least 4 members (excludes halogenated alkanes) is 2. The number of hydrogen-bond acceptors (Lipinski definition) is 4. The molecule has 1 N–H and O–H groups in total. The van der Waals surface area contributed by atoms with Crippen molar-refractivity contribution < 1.29 is 4.79 Å². The Bertz CT molecular complexity index is 402. The Balaban J connectivity index is 2.21. The quantitative estimate of drug-likeness (QED) is 0.423. The highest BCUT2D eigenvalue weighted by molar-refractivity contribution is 8.01. The fourth-order valence-electron chi connectivity index (χ4n) is 1.47. The van der Waals surface area contributed by atoms with E-state index in [0.717, 1.165) is 22.9 Å². The maximum absolute atomic E-state index is 11.8. The molecule has 0 atom stereocenters. The number of thioether (sulfide) groups is 1. The standard InChI is InChI=1S/C14H22N2OS2/c1-3-5-6-7-8-9-10-15-13(17)12-11-16-14(19-12)18-4-2/h7-8,11H,3-6,9-10H2,1-2H3,(H,15,17)/b8-7+. The summed E-state index contributed by atoms with van der Waals surface area (Å²) < 4.78 is 0.965. The van der Waals surface area contributed by atoms with Gasteiger partial charge in [0.15, 0.2) is 4.34 Å². The molecule has 0 aliphatic carbocycles. The smallest absolute Gasteiger partial charge is 0.263 e. The van der Waals surface area contributed by atoms with Crippen LogP contribution in [0.1, 0.15) is 49.2 Å². The number of nitrogens with zero attached hydrogens (tertiary/aromatic N) is 1. The molecule has 106 valence electrons. The van der Waals surface area contributed by atoms with Gasteiger partial charge in [0, 0.05) is 6.54 Å². The van der Waals surface area contributed by atoms with Crippen LogP contribution in [0.25, 0.3) is 0 Å². The van der Waals surface area contributed by atoms with Crippen LogP contribution in [0.5, 0.6) is 0 Å². The molecule has 0 bridgehead atoms. The molecular formula is C14H22N2OS2. The van der Waals surface area contributed by atoms with Gasteiger partial charge in [-0.3, -0.25) is 4.79 Å². The van der Waals surface area contributed by atoms with Crippen molar-refractivity contribution >= 4 is 29.0 Å². The average Bonchev–Trinajstić information content (AvgIpc) is 2.87. The summed E-state index contributed by atoms with van der Waals surface area (Å²) in [6.45, 7) is 4.96. The monoisotopic (exact) mass is 298 g/mol. The van der Waals surface area contributed by atoms with Gasteiger partial charge in [-0.1, -0.05) is 50.6 Å². The van der Waals surface area contributed by atoms with Gasteiger partial charge in [0.1, 0.15) is 4.88 Å². The van der Waals surface area contributed by atoms with Crippen molar-refractivity contribution in [3.8, 4) is 0 Å². The van der Waals surface area contributed by atoms with Gasteiger partial charge in [0.25, 0.3) is 5.91 Å². The SMILES string of the molecule is CCCC/C=C/CCNC(=O)c1cnc(SCC)s1. The molecule has 1 amide bonds. The highest BCUT2D eigenvalue weighted by atomic mass is 32.2. The largest absolute Gasteiger partial charge is 0.351 e. The number of rotatable bonds is 9. The molecule has 0 unspecified atom stereocenters. The first-order valence-corrected chi connectivity index (χ1v) is 8.60. The number of allylic oxidation sites excluding steroid dienone is 1. The number of carbonyl (C=O) groups excluding carboxylic acids is 1. The summed E-state index contributed by atoms with van der Waals surface area (Å²) in [6.07, 6.45) is 10.5. The first kappa shape index (κ1) is 16.2. The third-order valence-electron chi connectivity index (χ3n) is 2.46. The summed E-state index contributed by atoms with van der Waals surface area (Å²) in [5, 5.41) is 2.92. The van der Waals surface area contributed by atoms with E-state index in [4.69, 9.17) is 0 Å². The number of nitrogens with one attached hydrogen (secondary N) is 1. The Morgan fingerprint density at radius 2 is 2.21 bits per heavy atom. The molecule has 0 saturated heterocycles. The molecule has 0 saturated carbocycles. The van der Waals surface area contributed by atoms with Gasteiger partial charge >= 0.3 is 0 Å². The van der Waals surface area contributed by atoms with Gasteiger partial charge < -0.3 is 5.32 Å². The number of thiazole rings is 1. The second-order valence-electron chi connectivity index (χ2n) is 4.08. The third-order valence-corrected chi connectivity index (χ3v) is 4.50. The number of carbonyl (C=O) groups is 1. The normalized spacial score (nSPS) is 11.1. The molecule has 1 aromatic rings. The number of hydrogen-bond donors (Lipinski definition) is 1. The van der Waals surface area contributed by atoms with Crippen molar-refractivity contribution in [3.63, 3.8) is 0 Å². The van der Waals surface area contributed by atoms with Crippen LogP contribution < -0.4 is 5.32 Å². The van der Waals surface area contributed by atoms with E-state index >= 15 is 0 Å². The van der Waals surface area contributed by atoms with Crippen molar-refractivity contribution in [2.24, 2.45) is 0 Å². The lowest BCUT2D eigenvalue weighted by atomic mass is 10.2. The van der Waals surface area contributed by atoms with Gasteiger partial charge in [-0.25, -0.2) is 4.98 Å². The van der Waals surface area contributed by atoms with Crippen LogP contribution in [-0.2, 0) is 0 Å². The van der Waals surface area contributed by atoms with E-state index in [2.05, 4.69) is 36.3 Å². The maximum Gasteiger partial charge on any atom is 0.263 e. The molecule has 1 aromatic heterocycles. The second-order valence-corrected chi connectivity index (χ2v) is 6.62. The minimum absolute atomic E-state index is 0.0117. The number of aromatic nitrogens is 1. The molecule has 0 aliphatic heterocycles. The van der Waals surface area contributed by atoms with E-state index in [1.807, 2.05) is 0 Å². The van der Waals surface area contributed by atoms with Gasteiger partial charge in [-0.15, -0.1) is 11.3 Å². The van der Waals surface area contributed by atoms with Crippen LogP contribution in [0.15, 0.2) is 22.7 Å². The van der Waals surface area contributed by atoms with E-state index in [9.17, 15) is 4.79 Å². The van der Waals surface area contributed by atoms with Crippen LogP contribution in [-0.4, -0.2) is 23.2 Å². The molecule has 0 radical (unpaired) electrons. The average molecular weight is 298 g/mol. The maximum atomic E-state index is 11.8. The zero-order valence-electron chi connectivity index (χ0n) is 11.6. The van der Waals surface area contributed by atoms with Crippen molar-refractivity contribution in [2.45, 2.75) is 43.9 Å². The van der Waals surface area contributed by atoms with Gasteiger partial charge in [0.05, 0.1) is 6.20 Å². The first-order valence-electron chi connectivity index (χ1n) is 6.79. The molecule has 5 heteroatoms. The Kier molecular flexibility index (Phi) is 8.58. The van der Waals surface area contributed by atoms with Gasteiger partial charge in [-0.2, -0.15) is 0 Å². The molecule has 1 rings (SSSR count). The minimum Gasteiger partial charge on any atom is -0.351 e. The fraction of sp³-hybridized carbons (Fsp3) is 0.571. The van der Waals surface area contributed by atoms with Crippen molar-refractivity contribution in [1.82, 2.24) is 10.3 Å². The summed E-state index contributed by atoms with van der Waals surface area (Å²) in [4.78, 5) is 16.7. The molecular weight excluding hydrogens is 276 g/mol. The highest BCUT2D eigenvalue weighted by Gasteiger charge is 2.09. The third kappa shape index (κ3) is 6.78. The van der Waals surface area contributed by atoms with Crippen LogP contribution in [0.3, 0.4) is 0 Å². The Morgan fingerprint density at radius 3 is 2.95 bits per heavy atom. The van der Waals surface area contributed by atoms with E-state index in [1.165, 1.54) is 24.2 Å². The van der Waals surface area contributed by atoms with Crippen LogP contribution in [0, 0.1) is 0 Å². The Labute approximate surface area is 123 Å². The Hall–Kier alpha value is -0.810. The molecule has 0 aromatic carbocycles. The molecule has 0 fully saturated rings. The van der Waals surface area contributed by atoms with Crippen molar-refractivity contribution in [1.29, 1.82) is 0 Å². The van der Waals surface area contributed by atoms with E-state index < -0.39 is 0 Å². The minimum atomic E-state index is -0.0117. The summed E-state index contributed by atoms with van der Waals surface area (Å²) in [5.74, 6) is 0.972. The van der Waals surface area contributed by atoms with Crippen molar-refractivity contribution in [3.05, 3.63) is 23.2 Å².